The Labute approximate surface area is 108 Å². The molecule has 18 heavy (non-hydrogen) atoms. The molecule has 0 aromatic heterocycles. The SMILES string of the molecule is C=CC(=O)CCc1cccc(-c2ccccc2)c1. The first kappa shape index (κ1) is 12.3. The number of rotatable bonds is 5. The maximum Gasteiger partial charge on any atom is 0.155 e. The van der Waals surface area contributed by atoms with Gasteiger partial charge >= 0.3 is 0 Å². The second kappa shape index (κ2) is 5.97. The van der Waals surface area contributed by atoms with Crippen LogP contribution < -0.4 is 0 Å². The molecule has 0 unspecified atom stereocenters. The molecule has 1 heteroatoms. The molecule has 0 radical (unpaired) electrons. The average molecular weight is 236 g/mol. The first-order chi connectivity index (χ1) is 8.79. The van der Waals surface area contributed by atoms with E-state index in [0.29, 0.717) is 6.42 Å². The van der Waals surface area contributed by atoms with E-state index in [1.54, 1.807) is 0 Å². The molecular weight excluding hydrogens is 220 g/mol. The van der Waals surface area contributed by atoms with E-state index in [4.69, 9.17) is 0 Å². The molecule has 0 aliphatic rings. The average Bonchev–Trinajstić information content (AvgIpc) is 2.46. The van der Waals surface area contributed by atoms with Gasteiger partial charge in [0.25, 0.3) is 0 Å². The molecule has 90 valence electrons. The quantitative estimate of drug-likeness (QED) is 0.716. The van der Waals surface area contributed by atoms with Gasteiger partial charge in [-0.25, -0.2) is 0 Å². The predicted molar refractivity (Wildman–Crippen MR) is 75.4 cm³/mol. The van der Waals surface area contributed by atoms with Gasteiger partial charge in [0.05, 0.1) is 0 Å². The van der Waals surface area contributed by atoms with Gasteiger partial charge in [-0.3, -0.25) is 4.79 Å². The number of benzene rings is 2. The number of allylic oxidation sites excluding steroid dienone is 1. The summed E-state index contributed by atoms with van der Waals surface area (Å²) in [4.78, 5) is 11.2. The lowest BCUT2D eigenvalue weighted by Gasteiger charge is -2.04. The summed E-state index contributed by atoms with van der Waals surface area (Å²) in [5, 5.41) is 0. The highest BCUT2D eigenvalue weighted by Crippen LogP contribution is 2.20. The Kier molecular flexibility index (Phi) is 4.08. The zero-order chi connectivity index (χ0) is 12.8. The molecule has 0 amide bonds. The summed E-state index contributed by atoms with van der Waals surface area (Å²) in [5.74, 6) is 0.0973. The molecule has 0 bridgehead atoms. The highest BCUT2D eigenvalue weighted by molar-refractivity contribution is 5.89. The minimum atomic E-state index is 0.0973. The third-order valence-electron chi connectivity index (χ3n) is 2.92. The minimum Gasteiger partial charge on any atom is -0.295 e. The van der Waals surface area contributed by atoms with Crippen molar-refractivity contribution in [1.82, 2.24) is 0 Å². The van der Waals surface area contributed by atoms with Crippen LogP contribution in [0.15, 0.2) is 67.3 Å². The van der Waals surface area contributed by atoms with Gasteiger partial charge in [0.1, 0.15) is 0 Å². The first-order valence-electron chi connectivity index (χ1n) is 6.09. The molecule has 1 nitrogen and oxygen atoms in total. The van der Waals surface area contributed by atoms with Crippen molar-refractivity contribution in [3.05, 3.63) is 72.8 Å². The number of aryl methyl sites for hydroxylation is 1. The third-order valence-corrected chi connectivity index (χ3v) is 2.92. The van der Waals surface area contributed by atoms with Crippen molar-refractivity contribution in [2.24, 2.45) is 0 Å². The van der Waals surface area contributed by atoms with Crippen molar-refractivity contribution in [2.75, 3.05) is 0 Å². The maximum atomic E-state index is 11.2. The maximum absolute atomic E-state index is 11.2. The van der Waals surface area contributed by atoms with Gasteiger partial charge in [-0.1, -0.05) is 61.2 Å². The lowest BCUT2D eigenvalue weighted by Crippen LogP contribution is -1.95. The molecule has 0 saturated heterocycles. The molecule has 2 aromatic rings. The number of hydrogen-bond acceptors (Lipinski definition) is 1. The molecular formula is C17H16O. The van der Waals surface area contributed by atoms with E-state index in [-0.39, 0.29) is 5.78 Å². The summed E-state index contributed by atoms with van der Waals surface area (Å²) >= 11 is 0. The molecule has 0 saturated carbocycles. The van der Waals surface area contributed by atoms with Crippen LogP contribution in [0.2, 0.25) is 0 Å². The van der Waals surface area contributed by atoms with Crippen LogP contribution in [0.4, 0.5) is 0 Å². The number of ketones is 1. The van der Waals surface area contributed by atoms with Crippen LogP contribution in [-0.2, 0) is 11.2 Å². The summed E-state index contributed by atoms with van der Waals surface area (Å²) in [7, 11) is 0. The zero-order valence-corrected chi connectivity index (χ0v) is 10.3. The topological polar surface area (TPSA) is 17.1 Å². The van der Waals surface area contributed by atoms with Crippen LogP contribution in [0, 0.1) is 0 Å². The Balaban J connectivity index is 2.15. The van der Waals surface area contributed by atoms with Crippen molar-refractivity contribution in [3.63, 3.8) is 0 Å². The molecule has 0 N–H and O–H groups in total. The van der Waals surface area contributed by atoms with Crippen LogP contribution in [0.3, 0.4) is 0 Å². The fourth-order valence-corrected chi connectivity index (χ4v) is 1.91. The van der Waals surface area contributed by atoms with E-state index in [0.717, 1.165) is 6.42 Å². The van der Waals surface area contributed by atoms with Crippen molar-refractivity contribution >= 4 is 5.78 Å². The van der Waals surface area contributed by atoms with E-state index in [1.165, 1.54) is 22.8 Å². The Morgan fingerprint density at radius 1 is 1.00 bits per heavy atom. The second-order valence-corrected chi connectivity index (χ2v) is 4.24. The smallest absolute Gasteiger partial charge is 0.155 e. The monoisotopic (exact) mass is 236 g/mol. The highest BCUT2D eigenvalue weighted by atomic mass is 16.1. The fraction of sp³-hybridized carbons (Fsp3) is 0.118. The molecule has 0 aliphatic carbocycles. The van der Waals surface area contributed by atoms with Crippen molar-refractivity contribution in [1.29, 1.82) is 0 Å². The predicted octanol–water partition coefficient (Wildman–Crippen LogP) is 4.04. The molecule has 0 fully saturated rings. The fourth-order valence-electron chi connectivity index (χ4n) is 1.91. The summed E-state index contributed by atoms with van der Waals surface area (Å²) in [6.45, 7) is 3.49. The largest absolute Gasteiger partial charge is 0.295 e. The Hall–Kier alpha value is -2.15. The van der Waals surface area contributed by atoms with E-state index >= 15 is 0 Å². The van der Waals surface area contributed by atoms with Crippen LogP contribution in [0.25, 0.3) is 11.1 Å². The van der Waals surface area contributed by atoms with Crippen LogP contribution in [-0.4, -0.2) is 5.78 Å². The summed E-state index contributed by atoms with van der Waals surface area (Å²) in [6, 6.07) is 18.6. The standard InChI is InChI=1S/C17H16O/c1-2-17(18)12-11-14-7-6-10-16(13-14)15-8-4-3-5-9-15/h2-10,13H,1,11-12H2. The Morgan fingerprint density at radius 2 is 1.72 bits per heavy atom. The third kappa shape index (κ3) is 3.17. The van der Waals surface area contributed by atoms with E-state index < -0.39 is 0 Å². The first-order valence-corrected chi connectivity index (χ1v) is 6.09. The molecule has 0 heterocycles. The molecule has 0 spiro atoms. The van der Waals surface area contributed by atoms with Gasteiger partial charge in [-0.05, 0) is 29.2 Å². The van der Waals surface area contributed by atoms with Crippen molar-refractivity contribution < 1.29 is 4.79 Å². The van der Waals surface area contributed by atoms with E-state index in [1.807, 2.05) is 24.3 Å². The second-order valence-electron chi connectivity index (χ2n) is 4.24. The van der Waals surface area contributed by atoms with Gasteiger partial charge in [-0.15, -0.1) is 0 Å². The highest BCUT2D eigenvalue weighted by Gasteiger charge is 2.01. The Morgan fingerprint density at radius 3 is 2.44 bits per heavy atom. The van der Waals surface area contributed by atoms with Crippen LogP contribution in [0.5, 0.6) is 0 Å². The van der Waals surface area contributed by atoms with Crippen LogP contribution in [0.1, 0.15) is 12.0 Å². The number of hydrogen-bond donors (Lipinski definition) is 0. The van der Waals surface area contributed by atoms with Gasteiger partial charge in [0, 0.05) is 6.42 Å². The number of carbonyl (C=O) groups is 1. The normalized spacial score (nSPS) is 10.0. The van der Waals surface area contributed by atoms with Crippen molar-refractivity contribution in [2.45, 2.75) is 12.8 Å². The van der Waals surface area contributed by atoms with Crippen molar-refractivity contribution in [3.8, 4) is 11.1 Å². The van der Waals surface area contributed by atoms with E-state index in [2.05, 4.69) is 36.9 Å². The number of carbonyl (C=O) groups excluding carboxylic acids is 1. The van der Waals surface area contributed by atoms with Gasteiger partial charge in [0.15, 0.2) is 5.78 Å². The van der Waals surface area contributed by atoms with E-state index in [9.17, 15) is 4.79 Å². The molecule has 2 aromatic carbocycles. The summed E-state index contributed by atoms with van der Waals surface area (Å²) < 4.78 is 0. The summed E-state index contributed by atoms with van der Waals surface area (Å²) in [6.07, 6.45) is 2.69. The minimum absolute atomic E-state index is 0.0973. The van der Waals surface area contributed by atoms with Crippen LogP contribution >= 0.6 is 0 Å². The van der Waals surface area contributed by atoms with Gasteiger partial charge in [-0.2, -0.15) is 0 Å². The lowest BCUT2D eigenvalue weighted by atomic mass is 10.0. The zero-order valence-electron chi connectivity index (χ0n) is 10.3. The summed E-state index contributed by atoms with van der Waals surface area (Å²) in [5.41, 5.74) is 3.58. The van der Waals surface area contributed by atoms with Gasteiger partial charge in [0.2, 0.25) is 0 Å². The molecule has 0 aliphatic heterocycles. The molecule has 0 atom stereocenters. The lowest BCUT2D eigenvalue weighted by molar-refractivity contribution is -0.114. The Bertz CT molecular complexity index is 541. The molecule has 2 rings (SSSR count). The van der Waals surface area contributed by atoms with Gasteiger partial charge < -0.3 is 0 Å².